The Morgan fingerprint density at radius 3 is 3.06 bits per heavy atom. The van der Waals surface area contributed by atoms with Crippen LogP contribution < -0.4 is 10.1 Å². The van der Waals surface area contributed by atoms with Crippen LogP contribution in [0.15, 0.2) is 24.3 Å². The number of benzene rings is 1. The predicted molar refractivity (Wildman–Crippen MR) is 68.3 cm³/mol. The van der Waals surface area contributed by atoms with Gasteiger partial charge in [0.1, 0.15) is 11.9 Å². The molecular weight excluding hydrogens is 214 g/mol. The summed E-state index contributed by atoms with van der Waals surface area (Å²) < 4.78 is 11.3. The maximum Gasteiger partial charge on any atom is 0.124 e. The molecule has 0 aliphatic carbocycles. The van der Waals surface area contributed by atoms with E-state index in [9.17, 15) is 0 Å². The molecule has 1 aliphatic rings. The fourth-order valence-electron chi connectivity index (χ4n) is 1.95. The molecule has 94 valence electrons. The summed E-state index contributed by atoms with van der Waals surface area (Å²) in [6, 6.07) is 8.24. The van der Waals surface area contributed by atoms with Gasteiger partial charge >= 0.3 is 0 Å². The van der Waals surface area contributed by atoms with E-state index in [1.165, 1.54) is 5.56 Å². The first kappa shape index (κ1) is 12.4. The summed E-state index contributed by atoms with van der Waals surface area (Å²) in [6.45, 7) is 5.63. The van der Waals surface area contributed by atoms with Crippen molar-refractivity contribution in [2.75, 3.05) is 19.8 Å². The smallest absolute Gasteiger partial charge is 0.124 e. The van der Waals surface area contributed by atoms with Crippen LogP contribution in [0.2, 0.25) is 0 Å². The Hall–Kier alpha value is -1.06. The normalized spacial score (nSPS) is 19.5. The molecule has 1 aliphatic heterocycles. The van der Waals surface area contributed by atoms with Crippen LogP contribution in [0.4, 0.5) is 0 Å². The Bertz CT molecular complexity index is 335. The molecule has 1 unspecified atom stereocenters. The van der Waals surface area contributed by atoms with Gasteiger partial charge in [0.05, 0.1) is 13.2 Å². The molecule has 3 heteroatoms. The van der Waals surface area contributed by atoms with Crippen LogP contribution in [-0.4, -0.2) is 25.9 Å². The van der Waals surface area contributed by atoms with Crippen LogP contribution >= 0.6 is 0 Å². The summed E-state index contributed by atoms with van der Waals surface area (Å²) in [5.41, 5.74) is 1.23. The van der Waals surface area contributed by atoms with E-state index in [1.807, 2.05) is 12.1 Å². The maximum atomic E-state index is 5.97. The molecule has 17 heavy (non-hydrogen) atoms. The van der Waals surface area contributed by atoms with E-state index in [0.717, 1.165) is 44.9 Å². The van der Waals surface area contributed by atoms with Crippen LogP contribution in [0.3, 0.4) is 0 Å². The highest BCUT2D eigenvalue weighted by molar-refractivity contribution is 5.33. The van der Waals surface area contributed by atoms with Gasteiger partial charge in [0.15, 0.2) is 0 Å². The highest BCUT2D eigenvalue weighted by Gasteiger charge is 2.18. The monoisotopic (exact) mass is 235 g/mol. The first-order valence-electron chi connectivity index (χ1n) is 6.43. The molecule has 0 bridgehead atoms. The van der Waals surface area contributed by atoms with Crippen molar-refractivity contribution in [2.24, 2.45) is 0 Å². The molecule has 1 aromatic carbocycles. The number of hydrogen-bond donors (Lipinski definition) is 1. The van der Waals surface area contributed by atoms with E-state index in [0.29, 0.717) is 0 Å². The van der Waals surface area contributed by atoms with Gasteiger partial charge in [-0.05, 0) is 19.0 Å². The standard InChI is InChI=1S/C14H21NO2/c1-2-8-15-10-12-5-3-4-6-14(12)17-13-7-9-16-11-13/h3-6,13,15H,2,7-11H2,1H3. The highest BCUT2D eigenvalue weighted by atomic mass is 16.5. The molecule has 0 amide bonds. The lowest BCUT2D eigenvalue weighted by atomic mass is 10.2. The Labute approximate surface area is 103 Å². The SMILES string of the molecule is CCCNCc1ccccc1OC1CCOC1. The molecule has 2 rings (SSSR count). The topological polar surface area (TPSA) is 30.5 Å². The minimum absolute atomic E-state index is 0.224. The fourth-order valence-corrected chi connectivity index (χ4v) is 1.95. The predicted octanol–water partition coefficient (Wildman–Crippen LogP) is 2.35. The van der Waals surface area contributed by atoms with Gasteiger partial charge in [0.2, 0.25) is 0 Å². The summed E-state index contributed by atoms with van der Waals surface area (Å²) in [6.07, 6.45) is 2.37. The Balaban J connectivity index is 1.94. The lowest BCUT2D eigenvalue weighted by molar-refractivity contribution is 0.140. The van der Waals surface area contributed by atoms with Crippen LogP contribution in [0, 0.1) is 0 Å². The summed E-state index contributed by atoms with van der Waals surface area (Å²) in [4.78, 5) is 0. The van der Waals surface area contributed by atoms with Crippen molar-refractivity contribution in [3.8, 4) is 5.75 Å². The highest BCUT2D eigenvalue weighted by Crippen LogP contribution is 2.21. The molecule has 3 nitrogen and oxygen atoms in total. The molecule has 0 spiro atoms. The molecule has 0 radical (unpaired) electrons. The third-order valence-corrected chi connectivity index (χ3v) is 2.90. The van der Waals surface area contributed by atoms with E-state index in [4.69, 9.17) is 9.47 Å². The summed E-state index contributed by atoms with van der Waals surface area (Å²) in [5, 5.41) is 3.41. The van der Waals surface area contributed by atoms with Gasteiger partial charge in [-0.1, -0.05) is 25.1 Å². The van der Waals surface area contributed by atoms with Crippen molar-refractivity contribution in [1.29, 1.82) is 0 Å². The van der Waals surface area contributed by atoms with Crippen molar-refractivity contribution < 1.29 is 9.47 Å². The number of ether oxygens (including phenoxy) is 2. The van der Waals surface area contributed by atoms with Crippen molar-refractivity contribution in [2.45, 2.75) is 32.4 Å². The second kappa shape index (κ2) is 6.62. The van der Waals surface area contributed by atoms with Crippen LogP contribution in [0.1, 0.15) is 25.3 Å². The molecule has 1 N–H and O–H groups in total. The van der Waals surface area contributed by atoms with Gasteiger partial charge in [-0.3, -0.25) is 0 Å². The number of rotatable bonds is 6. The average molecular weight is 235 g/mol. The van der Waals surface area contributed by atoms with E-state index >= 15 is 0 Å². The minimum atomic E-state index is 0.224. The first-order valence-corrected chi connectivity index (χ1v) is 6.43. The van der Waals surface area contributed by atoms with Crippen LogP contribution in [0.5, 0.6) is 5.75 Å². The molecule has 0 aromatic heterocycles. The van der Waals surface area contributed by atoms with E-state index in [-0.39, 0.29) is 6.10 Å². The lowest BCUT2D eigenvalue weighted by Gasteiger charge is -2.15. The molecule has 1 aromatic rings. The van der Waals surface area contributed by atoms with E-state index in [2.05, 4.69) is 24.4 Å². The minimum Gasteiger partial charge on any atom is -0.488 e. The number of para-hydroxylation sites is 1. The molecule has 1 heterocycles. The van der Waals surface area contributed by atoms with Crippen LogP contribution in [-0.2, 0) is 11.3 Å². The molecule has 1 atom stereocenters. The first-order chi connectivity index (χ1) is 8.40. The second-order valence-electron chi connectivity index (χ2n) is 4.39. The fraction of sp³-hybridized carbons (Fsp3) is 0.571. The van der Waals surface area contributed by atoms with Gasteiger partial charge in [-0.15, -0.1) is 0 Å². The van der Waals surface area contributed by atoms with Crippen molar-refractivity contribution in [3.05, 3.63) is 29.8 Å². The quantitative estimate of drug-likeness (QED) is 0.768. The van der Waals surface area contributed by atoms with Gasteiger partial charge < -0.3 is 14.8 Å². The van der Waals surface area contributed by atoms with E-state index in [1.54, 1.807) is 0 Å². The zero-order chi connectivity index (χ0) is 11.9. The van der Waals surface area contributed by atoms with Crippen molar-refractivity contribution >= 4 is 0 Å². The van der Waals surface area contributed by atoms with Gasteiger partial charge in [-0.25, -0.2) is 0 Å². The average Bonchev–Trinajstić information content (AvgIpc) is 2.84. The zero-order valence-corrected chi connectivity index (χ0v) is 10.4. The Kier molecular flexibility index (Phi) is 4.83. The summed E-state index contributed by atoms with van der Waals surface area (Å²) in [7, 11) is 0. The van der Waals surface area contributed by atoms with E-state index < -0.39 is 0 Å². The van der Waals surface area contributed by atoms with Gasteiger partial charge in [-0.2, -0.15) is 0 Å². The molecule has 1 fully saturated rings. The summed E-state index contributed by atoms with van der Waals surface area (Å²) in [5.74, 6) is 0.992. The van der Waals surface area contributed by atoms with Crippen molar-refractivity contribution in [1.82, 2.24) is 5.32 Å². The third kappa shape index (κ3) is 3.72. The Morgan fingerprint density at radius 2 is 2.29 bits per heavy atom. The largest absolute Gasteiger partial charge is 0.488 e. The Morgan fingerprint density at radius 1 is 1.41 bits per heavy atom. The lowest BCUT2D eigenvalue weighted by Crippen LogP contribution is -2.19. The maximum absolute atomic E-state index is 5.97. The third-order valence-electron chi connectivity index (χ3n) is 2.90. The second-order valence-corrected chi connectivity index (χ2v) is 4.39. The molecule has 0 saturated carbocycles. The number of hydrogen-bond acceptors (Lipinski definition) is 3. The number of nitrogens with one attached hydrogen (secondary N) is 1. The zero-order valence-electron chi connectivity index (χ0n) is 10.4. The molecular formula is C14H21NO2. The van der Waals surface area contributed by atoms with Gasteiger partial charge in [0.25, 0.3) is 0 Å². The molecule has 1 saturated heterocycles. The van der Waals surface area contributed by atoms with Crippen LogP contribution in [0.25, 0.3) is 0 Å². The van der Waals surface area contributed by atoms with Gasteiger partial charge in [0, 0.05) is 18.5 Å². The van der Waals surface area contributed by atoms with Crippen molar-refractivity contribution in [3.63, 3.8) is 0 Å². The summed E-state index contributed by atoms with van der Waals surface area (Å²) >= 11 is 0.